The molecule has 7 nitrogen and oxygen atoms in total. The standard InChI is InChI=1S/C21H23F3N4O3S/c1-12(2)19-17-8-13-7-14(10-29)15(11-32(30)31)9-16(13)27(17)5-6-28(19)20-25-4-3-18(26-20)21(22,23)24/h3-4,7-9,12,19,29H,5-6,10-11H2,1-2H3,(H,30,31)/p-1/t19-/m1/s1. The van der Waals surface area contributed by atoms with E-state index in [1.54, 1.807) is 17.0 Å². The molecular weight excluding hydrogens is 445 g/mol. The molecule has 4 rings (SSSR count). The highest BCUT2D eigenvalue weighted by molar-refractivity contribution is 7.78. The maximum Gasteiger partial charge on any atom is 0.433 e. The molecule has 2 atom stereocenters. The van der Waals surface area contributed by atoms with E-state index in [1.165, 1.54) is 0 Å². The molecule has 1 aliphatic rings. The van der Waals surface area contributed by atoms with Gasteiger partial charge in [-0.15, -0.1) is 0 Å². The van der Waals surface area contributed by atoms with Crippen molar-refractivity contribution in [2.45, 2.75) is 45.0 Å². The van der Waals surface area contributed by atoms with Crippen molar-refractivity contribution in [3.8, 4) is 0 Å². The largest absolute Gasteiger partial charge is 0.772 e. The van der Waals surface area contributed by atoms with Crippen molar-refractivity contribution in [1.29, 1.82) is 0 Å². The van der Waals surface area contributed by atoms with Crippen LogP contribution in [0.2, 0.25) is 0 Å². The summed E-state index contributed by atoms with van der Waals surface area (Å²) in [6.45, 7) is 4.53. The SMILES string of the molecule is CC(C)[C@@H]1c2cc3cc(CO)c(CS(=O)[O-])cc3n2CCN1c1nccc(C(F)(F)F)n1. The molecule has 1 N–H and O–H groups in total. The fourth-order valence-electron chi connectivity index (χ4n) is 4.40. The van der Waals surface area contributed by atoms with Crippen LogP contribution in [0.5, 0.6) is 0 Å². The van der Waals surface area contributed by atoms with Crippen LogP contribution in [0.3, 0.4) is 0 Å². The summed E-state index contributed by atoms with van der Waals surface area (Å²) in [5.41, 5.74) is 1.78. The third kappa shape index (κ3) is 4.12. The number of aliphatic hydroxyl groups excluding tert-OH is 1. The highest BCUT2D eigenvalue weighted by Crippen LogP contribution is 2.39. The van der Waals surface area contributed by atoms with E-state index in [4.69, 9.17) is 0 Å². The third-order valence-electron chi connectivity index (χ3n) is 5.72. The van der Waals surface area contributed by atoms with Crippen molar-refractivity contribution in [2.75, 3.05) is 11.4 Å². The van der Waals surface area contributed by atoms with Gasteiger partial charge in [0.15, 0.2) is 0 Å². The highest BCUT2D eigenvalue weighted by Gasteiger charge is 2.36. The first-order chi connectivity index (χ1) is 15.1. The predicted octanol–water partition coefficient (Wildman–Crippen LogP) is 3.54. The van der Waals surface area contributed by atoms with Crippen LogP contribution >= 0.6 is 0 Å². The lowest BCUT2D eigenvalue weighted by Crippen LogP contribution is -2.41. The van der Waals surface area contributed by atoms with Gasteiger partial charge in [-0.1, -0.05) is 24.9 Å². The third-order valence-corrected chi connectivity index (χ3v) is 6.27. The molecule has 0 fully saturated rings. The van der Waals surface area contributed by atoms with Gasteiger partial charge in [0.05, 0.1) is 12.6 Å². The summed E-state index contributed by atoms with van der Waals surface area (Å²) >= 11 is -2.30. The molecule has 11 heteroatoms. The number of hydrogen-bond donors (Lipinski definition) is 1. The van der Waals surface area contributed by atoms with Gasteiger partial charge in [0.25, 0.3) is 0 Å². The van der Waals surface area contributed by atoms with Gasteiger partial charge in [-0.05, 0) is 41.3 Å². The number of fused-ring (bicyclic) bond motifs is 3. The van der Waals surface area contributed by atoms with Gasteiger partial charge in [-0.3, -0.25) is 4.21 Å². The second-order valence-corrected chi connectivity index (χ2v) is 9.02. The first-order valence-electron chi connectivity index (χ1n) is 10.1. The van der Waals surface area contributed by atoms with Crippen LogP contribution in [-0.4, -0.2) is 34.9 Å². The Balaban J connectivity index is 1.82. The summed E-state index contributed by atoms with van der Waals surface area (Å²) in [7, 11) is 0. The van der Waals surface area contributed by atoms with Gasteiger partial charge in [0, 0.05) is 41.6 Å². The molecule has 1 aromatic carbocycles. The van der Waals surface area contributed by atoms with Crippen LogP contribution in [0.1, 0.15) is 42.4 Å². The van der Waals surface area contributed by atoms with Crippen molar-refractivity contribution in [3.63, 3.8) is 0 Å². The van der Waals surface area contributed by atoms with Gasteiger partial charge < -0.3 is 19.1 Å². The molecule has 172 valence electrons. The van der Waals surface area contributed by atoms with E-state index in [0.717, 1.165) is 28.9 Å². The molecule has 3 heterocycles. The second-order valence-electron chi connectivity index (χ2n) is 8.13. The maximum atomic E-state index is 13.2. The summed E-state index contributed by atoms with van der Waals surface area (Å²) in [4.78, 5) is 9.68. The molecule has 1 aliphatic heterocycles. The van der Waals surface area contributed by atoms with Crippen molar-refractivity contribution >= 4 is 27.9 Å². The predicted molar refractivity (Wildman–Crippen MR) is 112 cm³/mol. The molecule has 0 bridgehead atoms. The summed E-state index contributed by atoms with van der Waals surface area (Å²) in [6.07, 6.45) is -3.44. The Morgan fingerprint density at radius 1 is 1.25 bits per heavy atom. The fraction of sp³-hybridized carbons (Fsp3) is 0.429. The highest BCUT2D eigenvalue weighted by atomic mass is 32.2. The number of alkyl halides is 3. The van der Waals surface area contributed by atoms with E-state index in [0.29, 0.717) is 24.2 Å². The van der Waals surface area contributed by atoms with E-state index in [9.17, 15) is 27.0 Å². The van der Waals surface area contributed by atoms with Crippen LogP contribution < -0.4 is 4.90 Å². The van der Waals surface area contributed by atoms with Gasteiger partial charge in [-0.2, -0.15) is 13.2 Å². The van der Waals surface area contributed by atoms with Crippen LogP contribution in [0.4, 0.5) is 19.1 Å². The number of aromatic nitrogens is 3. The lowest BCUT2D eigenvalue weighted by atomic mass is 9.97. The molecule has 0 aliphatic carbocycles. The van der Waals surface area contributed by atoms with E-state index in [1.807, 2.05) is 19.9 Å². The smallest absolute Gasteiger partial charge is 0.433 e. The van der Waals surface area contributed by atoms with Crippen LogP contribution in [-0.2, 0) is 36.2 Å². The van der Waals surface area contributed by atoms with Crippen molar-refractivity contribution in [1.82, 2.24) is 14.5 Å². The van der Waals surface area contributed by atoms with Crippen molar-refractivity contribution in [2.24, 2.45) is 5.92 Å². The zero-order valence-electron chi connectivity index (χ0n) is 17.5. The number of hydrogen-bond acceptors (Lipinski definition) is 6. The number of nitrogens with zero attached hydrogens (tertiary/aromatic N) is 4. The minimum Gasteiger partial charge on any atom is -0.772 e. The Bertz CT molecular complexity index is 1180. The van der Waals surface area contributed by atoms with E-state index in [2.05, 4.69) is 14.5 Å². The minimum atomic E-state index is -4.56. The number of benzene rings is 1. The molecule has 0 radical (unpaired) electrons. The van der Waals surface area contributed by atoms with Crippen molar-refractivity contribution < 1.29 is 27.0 Å². The first kappa shape index (κ1) is 22.7. The zero-order valence-corrected chi connectivity index (χ0v) is 18.3. The lowest BCUT2D eigenvalue weighted by Gasteiger charge is -2.39. The topological polar surface area (TPSA) is 94.3 Å². The quantitative estimate of drug-likeness (QED) is 0.577. The van der Waals surface area contributed by atoms with E-state index in [-0.39, 0.29) is 30.3 Å². The Kier molecular flexibility index (Phi) is 5.99. The van der Waals surface area contributed by atoms with Crippen molar-refractivity contribution in [3.05, 3.63) is 53.0 Å². The molecule has 2 aromatic heterocycles. The Morgan fingerprint density at radius 2 is 2.00 bits per heavy atom. The summed E-state index contributed by atoms with van der Waals surface area (Å²) in [5.74, 6) is -0.152. The molecule has 0 amide bonds. The monoisotopic (exact) mass is 467 g/mol. The Hall–Kier alpha value is -2.50. The summed E-state index contributed by atoms with van der Waals surface area (Å²) in [5, 5.41) is 10.5. The molecule has 3 aromatic rings. The number of anilines is 1. The Morgan fingerprint density at radius 3 is 2.62 bits per heavy atom. The zero-order chi connectivity index (χ0) is 23.2. The van der Waals surface area contributed by atoms with Crippen LogP contribution in [0.15, 0.2) is 30.5 Å². The second kappa shape index (κ2) is 8.45. The van der Waals surface area contributed by atoms with Crippen LogP contribution in [0, 0.1) is 5.92 Å². The fourth-order valence-corrected chi connectivity index (χ4v) is 4.92. The van der Waals surface area contributed by atoms with Gasteiger partial charge in [0.2, 0.25) is 5.95 Å². The average molecular weight is 467 g/mol. The normalized spacial score (nSPS) is 17.8. The molecule has 0 spiro atoms. The molecule has 32 heavy (non-hydrogen) atoms. The number of halogens is 3. The molecule has 1 unspecified atom stereocenters. The van der Waals surface area contributed by atoms with Gasteiger partial charge in [-0.25, -0.2) is 9.97 Å². The molecule has 0 saturated heterocycles. The molecule has 0 saturated carbocycles. The summed E-state index contributed by atoms with van der Waals surface area (Å²) in [6, 6.07) is 6.05. The van der Waals surface area contributed by atoms with Crippen LogP contribution in [0.25, 0.3) is 10.9 Å². The lowest BCUT2D eigenvalue weighted by molar-refractivity contribution is -0.141. The van der Waals surface area contributed by atoms with E-state index >= 15 is 0 Å². The minimum absolute atomic E-state index is 0.0218. The van der Waals surface area contributed by atoms with Gasteiger partial charge in [0.1, 0.15) is 5.69 Å². The molecular formula is C21H22F3N4O3S-. The average Bonchev–Trinajstić information content (AvgIpc) is 3.08. The van der Waals surface area contributed by atoms with Gasteiger partial charge >= 0.3 is 6.18 Å². The maximum absolute atomic E-state index is 13.2. The number of aliphatic hydroxyl groups is 1. The Labute approximate surface area is 185 Å². The first-order valence-corrected chi connectivity index (χ1v) is 11.3. The number of rotatable bonds is 5. The van der Waals surface area contributed by atoms with E-state index < -0.39 is 23.0 Å². The summed E-state index contributed by atoms with van der Waals surface area (Å²) < 4.78 is 64.1.